The average Bonchev–Trinajstić information content (AvgIpc) is 2.38. The minimum atomic E-state index is 0.101. The molecular formula is C18H31NO. The summed E-state index contributed by atoms with van der Waals surface area (Å²) >= 11 is 0. The van der Waals surface area contributed by atoms with Crippen LogP contribution in [0.2, 0.25) is 0 Å². The monoisotopic (exact) mass is 277 g/mol. The quantitative estimate of drug-likeness (QED) is 0.800. The molecule has 0 spiro atoms. The molecule has 20 heavy (non-hydrogen) atoms. The maximum absolute atomic E-state index is 5.80. The summed E-state index contributed by atoms with van der Waals surface area (Å²) in [5, 5.41) is 3.58. The summed E-state index contributed by atoms with van der Waals surface area (Å²) in [7, 11) is 1.81. The van der Waals surface area contributed by atoms with Crippen LogP contribution in [0.3, 0.4) is 0 Å². The van der Waals surface area contributed by atoms with Crippen molar-refractivity contribution in [3.8, 4) is 0 Å². The van der Waals surface area contributed by atoms with Crippen molar-refractivity contribution in [3.63, 3.8) is 0 Å². The molecule has 1 rings (SSSR count). The van der Waals surface area contributed by atoms with E-state index in [4.69, 9.17) is 4.74 Å². The Morgan fingerprint density at radius 2 is 1.70 bits per heavy atom. The average molecular weight is 277 g/mol. The van der Waals surface area contributed by atoms with Crippen LogP contribution >= 0.6 is 0 Å². The molecule has 0 bridgehead atoms. The van der Waals surface area contributed by atoms with Gasteiger partial charge < -0.3 is 10.1 Å². The molecule has 0 aromatic heterocycles. The third-order valence-corrected chi connectivity index (χ3v) is 3.71. The third kappa shape index (κ3) is 4.60. The van der Waals surface area contributed by atoms with Gasteiger partial charge in [0.25, 0.3) is 0 Å². The van der Waals surface area contributed by atoms with Gasteiger partial charge in [0.05, 0.1) is 12.1 Å². The molecule has 0 radical (unpaired) electrons. The molecule has 1 aromatic carbocycles. The second-order valence-corrected chi connectivity index (χ2v) is 6.55. The van der Waals surface area contributed by atoms with Gasteiger partial charge in [0.2, 0.25) is 0 Å². The number of ether oxygens (including phenoxy) is 1. The Kier molecular flexibility index (Phi) is 6.70. The van der Waals surface area contributed by atoms with Gasteiger partial charge >= 0.3 is 0 Å². The van der Waals surface area contributed by atoms with Gasteiger partial charge in [-0.05, 0) is 29.5 Å². The molecule has 2 atom stereocenters. The van der Waals surface area contributed by atoms with Crippen LogP contribution in [0.1, 0.15) is 58.2 Å². The lowest BCUT2D eigenvalue weighted by Crippen LogP contribution is -2.41. The molecule has 1 aromatic rings. The summed E-state index contributed by atoms with van der Waals surface area (Å²) < 4.78 is 5.80. The van der Waals surface area contributed by atoms with E-state index in [0.29, 0.717) is 0 Å². The SMILES string of the molecule is CCCc1ccc(C(NCC)C(OC)C(C)(C)C)cc1. The van der Waals surface area contributed by atoms with Gasteiger partial charge in [0.15, 0.2) is 0 Å². The molecule has 0 saturated carbocycles. The van der Waals surface area contributed by atoms with Crippen molar-refractivity contribution < 1.29 is 4.74 Å². The van der Waals surface area contributed by atoms with E-state index in [1.165, 1.54) is 17.5 Å². The Morgan fingerprint density at radius 3 is 2.10 bits per heavy atom. The fraction of sp³-hybridized carbons (Fsp3) is 0.667. The first kappa shape index (κ1) is 17.2. The largest absolute Gasteiger partial charge is 0.379 e. The number of aryl methyl sites for hydroxylation is 1. The van der Waals surface area contributed by atoms with Gasteiger partial charge in [-0.15, -0.1) is 0 Å². The normalized spacial score (nSPS) is 15.1. The van der Waals surface area contributed by atoms with Gasteiger partial charge in [-0.25, -0.2) is 0 Å². The van der Waals surface area contributed by atoms with Crippen molar-refractivity contribution in [2.75, 3.05) is 13.7 Å². The lowest BCUT2D eigenvalue weighted by Gasteiger charge is -2.36. The molecule has 2 heteroatoms. The summed E-state index contributed by atoms with van der Waals surface area (Å²) in [6.45, 7) is 12.0. The fourth-order valence-electron chi connectivity index (χ4n) is 2.79. The Hall–Kier alpha value is -0.860. The number of hydrogen-bond acceptors (Lipinski definition) is 2. The van der Waals surface area contributed by atoms with E-state index in [-0.39, 0.29) is 17.6 Å². The lowest BCUT2D eigenvalue weighted by atomic mass is 9.81. The highest BCUT2D eigenvalue weighted by molar-refractivity contribution is 5.26. The number of rotatable bonds is 7. The van der Waals surface area contributed by atoms with Crippen molar-refractivity contribution in [2.24, 2.45) is 5.41 Å². The van der Waals surface area contributed by atoms with Gasteiger partial charge in [-0.3, -0.25) is 0 Å². The molecule has 2 nitrogen and oxygen atoms in total. The molecule has 0 aliphatic carbocycles. The van der Waals surface area contributed by atoms with E-state index >= 15 is 0 Å². The zero-order chi connectivity index (χ0) is 15.2. The molecule has 1 N–H and O–H groups in total. The Labute approximate surface area is 124 Å². The topological polar surface area (TPSA) is 21.3 Å². The van der Waals surface area contributed by atoms with E-state index in [2.05, 4.69) is 64.2 Å². The van der Waals surface area contributed by atoms with E-state index in [9.17, 15) is 0 Å². The highest BCUT2D eigenvalue weighted by Crippen LogP contribution is 2.32. The van der Waals surface area contributed by atoms with Crippen LogP contribution in [0.5, 0.6) is 0 Å². The predicted molar refractivity (Wildman–Crippen MR) is 87.1 cm³/mol. The van der Waals surface area contributed by atoms with Crippen LogP contribution in [0, 0.1) is 5.41 Å². The predicted octanol–water partition coefficient (Wildman–Crippen LogP) is 4.35. The Morgan fingerprint density at radius 1 is 1.10 bits per heavy atom. The van der Waals surface area contributed by atoms with Crippen LogP contribution < -0.4 is 5.32 Å². The number of methoxy groups -OCH3 is 1. The summed E-state index contributed by atoms with van der Waals surface area (Å²) in [5.74, 6) is 0. The van der Waals surface area contributed by atoms with Crippen molar-refractivity contribution in [2.45, 2.75) is 59.6 Å². The van der Waals surface area contributed by atoms with E-state index < -0.39 is 0 Å². The van der Waals surface area contributed by atoms with E-state index in [0.717, 1.165) is 13.0 Å². The van der Waals surface area contributed by atoms with Crippen molar-refractivity contribution in [3.05, 3.63) is 35.4 Å². The summed E-state index contributed by atoms with van der Waals surface area (Å²) in [6, 6.07) is 9.23. The first-order valence-electron chi connectivity index (χ1n) is 7.79. The zero-order valence-electron chi connectivity index (χ0n) is 14.0. The van der Waals surface area contributed by atoms with E-state index in [1.54, 1.807) is 0 Å². The van der Waals surface area contributed by atoms with Crippen LogP contribution in [0.15, 0.2) is 24.3 Å². The van der Waals surface area contributed by atoms with Gasteiger partial charge in [0.1, 0.15) is 0 Å². The van der Waals surface area contributed by atoms with Crippen LogP contribution in [0.25, 0.3) is 0 Å². The third-order valence-electron chi connectivity index (χ3n) is 3.71. The Bertz CT molecular complexity index is 377. The van der Waals surface area contributed by atoms with Gasteiger partial charge in [0, 0.05) is 7.11 Å². The second-order valence-electron chi connectivity index (χ2n) is 6.55. The highest BCUT2D eigenvalue weighted by atomic mass is 16.5. The maximum atomic E-state index is 5.80. The summed E-state index contributed by atoms with van der Waals surface area (Å²) in [4.78, 5) is 0. The number of nitrogens with one attached hydrogen (secondary N) is 1. The highest BCUT2D eigenvalue weighted by Gasteiger charge is 2.32. The second kappa shape index (κ2) is 7.80. The summed E-state index contributed by atoms with van der Waals surface area (Å²) in [6.07, 6.45) is 2.50. The molecular weight excluding hydrogens is 246 g/mol. The van der Waals surface area contributed by atoms with Crippen molar-refractivity contribution in [1.29, 1.82) is 0 Å². The first-order chi connectivity index (χ1) is 9.43. The Balaban J connectivity index is 3.00. The maximum Gasteiger partial charge on any atom is 0.0814 e. The lowest BCUT2D eigenvalue weighted by molar-refractivity contribution is -0.0116. The van der Waals surface area contributed by atoms with E-state index in [1.807, 2.05) is 7.11 Å². The number of hydrogen-bond donors (Lipinski definition) is 1. The molecule has 0 saturated heterocycles. The molecule has 114 valence electrons. The fourth-order valence-corrected chi connectivity index (χ4v) is 2.79. The summed E-state index contributed by atoms with van der Waals surface area (Å²) in [5.41, 5.74) is 2.83. The number of likely N-dealkylation sites (N-methyl/N-ethyl adjacent to an activating group) is 1. The molecule has 2 unspecified atom stereocenters. The standard InChI is InChI=1S/C18H31NO/c1-7-9-14-10-12-15(13-11-14)16(19-8-2)17(20-6)18(3,4)5/h10-13,16-17,19H,7-9H2,1-6H3. The minimum Gasteiger partial charge on any atom is -0.379 e. The van der Waals surface area contributed by atoms with Crippen molar-refractivity contribution in [1.82, 2.24) is 5.32 Å². The van der Waals surface area contributed by atoms with Gasteiger partial charge in [-0.1, -0.05) is 65.3 Å². The molecule has 0 fully saturated rings. The van der Waals surface area contributed by atoms with Crippen LogP contribution in [0.4, 0.5) is 0 Å². The molecule has 0 amide bonds. The molecule has 0 aliphatic heterocycles. The number of benzene rings is 1. The van der Waals surface area contributed by atoms with Crippen LogP contribution in [-0.2, 0) is 11.2 Å². The van der Waals surface area contributed by atoms with Crippen LogP contribution in [-0.4, -0.2) is 19.8 Å². The molecule has 0 heterocycles. The van der Waals surface area contributed by atoms with Gasteiger partial charge in [-0.2, -0.15) is 0 Å². The van der Waals surface area contributed by atoms with Crippen molar-refractivity contribution >= 4 is 0 Å². The smallest absolute Gasteiger partial charge is 0.0814 e. The molecule has 0 aliphatic rings. The first-order valence-corrected chi connectivity index (χ1v) is 7.79. The minimum absolute atomic E-state index is 0.101. The zero-order valence-corrected chi connectivity index (χ0v) is 14.0.